The molecular formula is C11H21NO3. The molecule has 2 N–H and O–H groups in total. The van der Waals surface area contributed by atoms with Gasteiger partial charge in [-0.1, -0.05) is 6.92 Å². The summed E-state index contributed by atoms with van der Waals surface area (Å²) in [7, 11) is 0. The first kappa shape index (κ1) is 12.5. The van der Waals surface area contributed by atoms with Crippen LogP contribution in [0.15, 0.2) is 0 Å². The van der Waals surface area contributed by atoms with E-state index in [1.54, 1.807) is 0 Å². The molecule has 88 valence electrons. The molecule has 0 aliphatic carbocycles. The first-order valence-corrected chi connectivity index (χ1v) is 5.65. The molecule has 2 atom stereocenters. The Morgan fingerprint density at radius 1 is 1.47 bits per heavy atom. The maximum atomic E-state index is 11.0. The van der Waals surface area contributed by atoms with Gasteiger partial charge in [-0.3, -0.25) is 9.69 Å². The quantitative estimate of drug-likeness (QED) is 0.739. The fourth-order valence-electron chi connectivity index (χ4n) is 2.18. The van der Waals surface area contributed by atoms with Gasteiger partial charge in [0.25, 0.3) is 0 Å². The number of likely N-dealkylation sites (tertiary alicyclic amines) is 1. The zero-order chi connectivity index (χ0) is 11.5. The number of aliphatic hydroxyl groups is 1. The monoisotopic (exact) mass is 215 g/mol. The lowest BCUT2D eigenvalue weighted by atomic mass is 9.98. The second-order valence-electron chi connectivity index (χ2n) is 4.65. The largest absolute Gasteiger partial charge is 0.480 e. The molecular weight excluding hydrogens is 194 g/mol. The van der Waals surface area contributed by atoms with Crippen LogP contribution in [0.3, 0.4) is 0 Å². The van der Waals surface area contributed by atoms with Gasteiger partial charge in [-0.05, 0) is 39.2 Å². The van der Waals surface area contributed by atoms with E-state index in [-0.39, 0.29) is 6.04 Å². The van der Waals surface area contributed by atoms with E-state index < -0.39 is 11.6 Å². The molecule has 4 nitrogen and oxygen atoms in total. The third kappa shape index (κ3) is 3.47. The smallest absolute Gasteiger partial charge is 0.320 e. The van der Waals surface area contributed by atoms with E-state index in [2.05, 4.69) is 0 Å². The lowest BCUT2D eigenvalue weighted by molar-refractivity contribution is -0.143. The number of nitrogens with zero attached hydrogens (tertiary/aromatic N) is 1. The van der Waals surface area contributed by atoms with Crippen molar-refractivity contribution in [3.8, 4) is 0 Å². The van der Waals surface area contributed by atoms with Gasteiger partial charge in [-0.25, -0.2) is 0 Å². The lowest BCUT2D eigenvalue weighted by Crippen LogP contribution is -2.41. The Morgan fingerprint density at radius 3 is 2.67 bits per heavy atom. The summed E-state index contributed by atoms with van der Waals surface area (Å²) in [5.41, 5.74) is -0.619. The average molecular weight is 215 g/mol. The molecule has 1 heterocycles. The fraction of sp³-hybridized carbons (Fsp3) is 0.909. The lowest BCUT2D eigenvalue weighted by Gasteiger charge is -2.27. The molecule has 2 unspecified atom stereocenters. The van der Waals surface area contributed by atoms with E-state index in [9.17, 15) is 9.90 Å². The summed E-state index contributed by atoms with van der Waals surface area (Å²) < 4.78 is 0. The van der Waals surface area contributed by atoms with Crippen LogP contribution in [-0.2, 0) is 4.79 Å². The second-order valence-corrected chi connectivity index (χ2v) is 4.65. The summed E-state index contributed by atoms with van der Waals surface area (Å²) >= 11 is 0. The van der Waals surface area contributed by atoms with Gasteiger partial charge < -0.3 is 10.2 Å². The molecule has 0 amide bonds. The molecule has 0 aromatic rings. The molecule has 1 saturated heterocycles. The molecule has 0 bridgehead atoms. The van der Waals surface area contributed by atoms with Gasteiger partial charge in [0.15, 0.2) is 0 Å². The highest BCUT2D eigenvalue weighted by Crippen LogP contribution is 2.23. The van der Waals surface area contributed by atoms with Crippen LogP contribution in [0.5, 0.6) is 0 Å². The molecule has 0 saturated carbocycles. The van der Waals surface area contributed by atoms with E-state index in [0.29, 0.717) is 19.4 Å². The Bertz CT molecular complexity index is 228. The minimum absolute atomic E-state index is 0.390. The highest BCUT2D eigenvalue weighted by atomic mass is 16.4. The molecule has 15 heavy (non-hydrogen) atoms. The van der Waals surface area contributed by atoms with E-state index in [1.807, 2.05) is 18.7 Å². The van der Waals surface area contributed by atoms with Gasteiger partial charge in [0.05, 0.1) is 5.60 Å². The first-order valence-electron chi connectivity index (χ1n) is 5.65. The summed E-state index contributed by atoms with van der Waals surface area (Å²) in [6.07, 6.45) is 2.92. The Labute approximate surface area is 90.9 Å². The van der Waals surface area contributed by atoms with Gasteiger partial charge in [0.1, 0.15) is 6.04 Å². The van der Waals surface area contributed by atoms with Crippen molar-refractivity contribution in [2.75, 3.05) is 13.1 Å². The van der Waals surface area contributed by atoms with Crippen LogP contribution in [-0.4, -0.2) is 45.8 Å². The summed E-state index contributed by atoms with van der Waals surface area (Å²) in [5, 5.41) is 18.9. The number of rotatable bonds is 3. The maximum Gasteiger partial charge on any atom is 0.320 e. The van der Waals surface area contributed by atoms with E-state index in [4.69, 9.17) is 5.11 Å². The maximum absolute atomic E-state index is 11.0. The highest BCUT2D eigenvalue weighted by molar-refractivity contribution is 5.73. The predicted octanol–water partition coefficient (Wildman–Crippen LogP) is 1.09. The molecule has 0 radical (unpaired) electrons. The fourth-order valence-corrected chi connectivity index (χ4v) is 2.18. The van der Waals surface area contributed by atoms with Crippen molar-refractivity contribution in [2.45, 2.75) is 51.2 Å². The number of hydrogen-bond donors (Lipinski definition) is 2. The molecule has 1 rings (SSSR count). The Morgan fingerprint density at radius 2 is 2.13 bits per heavy atom. The van der Waals surface area contributed by atoms with Crippen LogP contribution in [0.1, 0.15) is 39.5 Å². The van der Waals surface area contributed by atoms with Crippen LogP contribution in [0.25, 0.3) is 0 Å². The number of aliphatic carboxylic acids is 1. The Hall–Kier alpha value is -0.610. The summed E-state index contributed by atoms with van der Waals surface area (Å²) in [6.45, 7) is 5.18. The number of hydrogen-bond acceptors (Lipinski definition) is 3. The molecule has 0 aromatic heterocycles. The van der Waals surface area contributed by atoms with Gasteiger partial charge in [-0.2, -0.15) is 0 Å². The number of carbonyl (C=O) groups is 1. The molecule has 4 heteroatoms. The number of carboxylic acids is 1. The summed E-state index contributed by atoms with van der Waals surface area (Å²) in [6, 6.07) is -0.390. The molecule has 1 fully saturated rings. The van der Waals surface area contributed by atoms with Crippen LogP contribution in [0.2, 0.25) is 0 Å². The summed E-state index contributed by atoms with van der Waals surface area (Å²) in [4.78, 5) is 13.0. The Kier molecular flexibility index (Phi) is 4.11. The van der Waals surface area contributed by atoms with E-state index >= 15 is 0 Å². The van der Waals surface area contributed by atoms with Gasteiger partial charge in [-0.15, -0.1) is 0 Å². The first-order chi connectivity index (χ1) is 6.96. The molecule has 1 aliphatic heterocycles. The summed E-state index contributed by atoms with van der Waals surface area (Å²) in [5.74, 6) is -0.751. The topological polar surface area (TPSA) is 60.8 Å². The van der Waals surface area contributed by atoms with Gasteiger partial charge in [0.2, 0.25) is 0 Å². The van der Waals surface area contributed by atoms with Crippen LogP contribution >= 0.6 is 0 Å². The van der Waals surface area contributed by atoms with Crippen molar-refractivity contribution >= 4 is 5.97 Å². The van der Waals surface area contributed by atoms with Crippen LogP contribution in [0.4, 0.5) is 0 Å². The van der Waals surface area contributed by atoms with Crippen molar-refractivity contribution in [3.05, 3.63) is 0 Å². The highest BCUT2D eigenvalue weighted by Gasteiger charge is 2.30. The Balaban J connectivity index is 2.60. The van der Waals surface area contributed by atoms with Crippen LogP contribution < -0.4 is 0 Å². The average Bonchev–Trinajstić information content (AvgIpc) is 2.28. The van der Waals surface area contributed by atoms with Crippen molar-refractivity contribution in [2.24, 2.45) is 0 Å². The second kappa shape index (κ2) is 4.94. The third-order valence-electron chi connectivity index (χ3n) is 3.21. The standard InChI is InChI=1S/C11H21NO3/c1-3-9(10(13)14)12-7-4-5-11(2,15)6-8-12/h9,15H,3-8H2,1-2H3,(H,13,14). The van der Waals surface area contributed by atoms with E-state index in [1.165, 1.54) is 0 Å². The predicted molar refractivity (Wildman–Crippen MR) is 57.8 cm³/mol. The van der Waals surface area contributed by atoms with Crippen LogP contribution in [0, 0.1) is 0 Å². The molecule has 0 aromatic carbocycles. The third-order valence-corrected chi connectivity index (χ3v) is 3.21. The van der Waals surface area contributed by atoms with Crippen molar-refractivity contribution in [3.63, 3.8) is 0 Å². The minimum atomic E-state index is -0.751. The van der Waals surface area contributed by atoms with E-state index in [0.717, 1.165) is 19.4 Å². The SMILES string of the molecule is CCC(C(=O)O)N1CCCC(C)(O)CC1. The zero-order valence-corrected chi connectivity index (χ0v) is 9.57. The van der Waals surface area contributed by atoms with Gasteiger partial charge in [0, 0.05) is 6.54 Å². The minimum Gasteiger partial charge on any atom is -0.480 e. The normalized spacial score (nSPS) is 30.9. The number of carboxylic acid groups (broad SMARTS) is 1. The van der Waals surface area contributed by atoms with Crippen molar-refractivity contribution in [1.82, 2.24) is 4.90 Å². The van der Waals surface area contributed by atoms with Crippen molar-refractivity contribution < 1.29 is 15.0 Å². The molecule has 1 aliphatic rings. The van der Waals surface area contributed by atoms with Gasteiger partial charge >= 0.3 is 5.97 Å². The van der Waals surface area contributed by atoms with Crippen molar-refractivity contribution in [1.29, 1.82) is 0 Å². The zero-order valence-electron chi connectivity index (χ0n) is 9.57. The molecule has 0 spiro atoms.